The normalized spacial score (nSPS) is 22.9. The number of nitro groups is 1. The third-order valence-electron chi connectivity index (χ3n) is 3.58. The molecule has 1 aliphatic rings. The van der Waals surface area contributed by atoms with Crippen LogP contribution in [0.1, 0.15) is 31.2 Å². The van der Waals surface area contributed by atoms with Gasteiger partial charge in [-0.2, -0.15) is 13.2 Å². The number of benzene rings is 1. The molecule has 0 spiro atoms. The molecule has 5 nitrogen and oxygen atoms in total. The number of aliphatic hydroxyl groups is 1. The third kappa shape index (κ3) is 3.63. The van der Waals surface area contributed by atoms with E-state index in [4.69, 9.17) is 0 Å². The van der Waals surface area contributed by atoms with Crippen molar-refractivity contribution in [2.75, 3.05) is 5.32 Å². The van der Waals surface area contributed by atoms with Gasteiger partial charge in [0.15, 0.2) is 0 Å². The minimum absolute atomic E-state index is 0.124. The number of halogens is 3. The fourth-order valence-electron chi connectivity index (χ4n) is 2.51. The molecule has 1 aromatic carbocycles. The maximum atomic E-state index is 12.9. The molecule has 1 aromatic rings. The molecule has 21 heavy (non-hydrogen) atoms. The van der Waals surface area contributed by atoms with Gasteiger partial charge in [0.1, 0.15) is 5.56 Å². The minimum atomic E-state index is -4.80. The van der Waals surface area contributed by atoms with Crippen molar-refractivity contribution in [3.8, 4) is 0 Å². The summed E-state index contributed by atoms with van der Waals surface area (Å²) in [7, 11) is 0. The topological polar surface area (TPSA) is 75.4 Å². The Hall–Kier alpha value is -1.83. The molecule has 0 heterocycles. The van der Waals surface area contributed by atoms with E-state index in [1.807, 2.05) is 0 Å². The van der Waals surface area contributed by atoms with Crippen molar-refractivity contribution in [3.05, 3.63) is 33.9 Å². The lowest BCUT2D eigenvalue weighted by molar-refractivity contribution is -0.388. The van der Waals surface area contributed by atoms with Gasteiger partial charge in [-0.25, -0.2) is 0 Å². The highest BCUT2D eigenvalue weighted by molar-refractivity contribution is 5.55. The summed E-state index contributed by atoms with van der Waals surface area (Å²) in [5.74, 6) is 0. The summed E-state index contributed by atoms with van der Waals surface area (Å²) < 4.78 is 38.6. The Balaban J connectivity index is 2.27. The lowest BCUT2D eigenvalue weighted by atomic mass is 9.92. The smallest absolute Gasteiger partial charge is 0.391 e. The minimum Gasteiger partial charge on any atom is -0.391 e. The van der Waals surface area contributed by atoms with E-state index >= 15 is 0 Å². The van der Waals surface area contributed by atoms with Gasteiger partial charge in [-0.05, 0) is 25.0 Å². The van der Waals surface area contributed by atoms with Crippen LogP contribution >= 0.6 is 0 Å². The average molecular weight is 304 g/mol. The van der Waals surface area contributed by atoms with Crippen LogP contribution in [0.4, 0.5) is 24.5 Å². The van der Waals surface area contributed by atoms with E-state index < -0.39 is 28.5 Å². The number of alkyl halides is 3. The quantitative estimate of drug-likeness (QED) is 0.663. The fraction of sp³-hybridized carbons (Fsp3) is 0.538. The standard InChI is InChI=1S/C13H15F3N2O3/c14-13(15,16)9-7-8(5-6-11(9)18(20)21)17-10-3-1-2-4-12(10)19/h5-7,10,12,17,19H,1-4H2. The number of hydrogen-bond donors (Lipinski definition) is 2. The van der Waals surface area contributed by atoms with Crippen molar-refractivity contribution < 1.29 is 23.2 Å². The zero-order chi connectivity index (χ0) is 15.6. The van der Waals surface area contributed by atoms with E-state index in [0.717, 1.165) is 25.0 Å². The lowest BCUT2D eigenvalue weighted by Gasteiger charge is -2.29. The van der Waals surface area contributed by atoms with Crippen LogP contribution in [0.3, 0.4) is 0 Å². The third-order valence-corrected chi connectivity index (χ3v) is 3.58. The fourth-order valence-corrected chi connectivity index (χ4v) is 2.51. The van der Waals surface area contributed by atoms with Gasteiger partial charge in [-0.15, -0.1) is 0 Å². The van der Waals surface area contributed by atoms with Gasteiger partial charge in [0, 0.05) is 11.8 Å². The van der Waals surface area contributed by atoms with Gasteiger partial charge in [-0.1, -0.05) is 12.8 Å². The van der Waals surface area contributed by atoms with Crippen molar-refractivity contribution in [1.29, 1.82) is 0 Å². The zero-order valence-corrected chi connectivity index (χ0v) is 11.1. The lowest BCUT2D eigenvalue weighted by Crippen LogP contribution is -2.36. The maximum Gasteiger partial charge on any atom is 0.423 e. The highest BCUT2D eigenvalue weighted by Crippen LogP contribution is 2.38. The Bertz CT molecular complexity index is 534. The number of anilines is 1. The van der Waals surface area contributed by atoms with Gasteiger partial charge in [0.25, 0.3) is 5.69 Å². The number of nitro benzene ring substituents is 1. The molecule has 2 N–H and O–H groups in total. The predicted octanol–water partition coefficient (Wildman–Crippen LogP) is 3.33. The Morgan fingerprint density at radius 3 is 2.52 bits per heavy atom. The van der Waals surface area contributed by atoms with E-state index in [1.165, 1.54) is 6.07 Å². The second kappa shape index (κ2) is 5.88. The summed E-state index contributed by atoms with van der Waals surface area (Å²) in [4.78, 5) is 9.61. The van der Waals surface area contributed by atoms with Crippen LogP contribution < -0.4 is 5.32 Å². The van der Waals surface area contributed by atoms with Crippen molar-refractivity contribution in [2.45, 2.75) is 44.0 Å². The average Bonchev–Trinajstić information content (AvgIpc) is 2.40. The Kier molecular flexibility index (Phi) is 4.36. The number of nitrogens with zero attached hydrogens (tertiary/aromatic N) is 1. The predicted molar refractivity (Wildman–Crippen MR) is 70.0 cm³/mol. The van der Waals surface area contributed by atoms with Gasteiger partial charge in [0.2, 0.25) is 0 Å². The van der Waals surface area contributed by atoms with E-state index in [0.29, 0.717) is 12.8 Å². The van der Waals surface area contributed by atoms with Crippen molar-refractivity contribution >= 4 is 11.4 Å². The van der Waals surface area contributed by atoms with Crippen LogP contribution in [-0.2, 0) is 6.18 Å². The largest absolute Gasteiger partial charge is 0.423 e. The van der Waals surface area contributed by atoms with Gasteiger partial charge in [-0.3, -0.25) is 10.1 Å². The highest BCUT2D eigenvalue weighted by Gasteiger charge is 2.38. The molecule has 116 valence electrons. The summed E-state index contributed by atoms with van der Waals surface area (Å²) in [5.41, 5.74) is -2.14. The molecule has 0 amide bonds. The first-order valence-electron chi connectivity index (χ1n) is 6.59. The van der Waals surface area contributed by atoms with Crippen LogP contribution in [0.5, 0.6) is 0 Å². The summed E-state index contributed by atoms with van der Waals surface area (Å²) in [6, 6.07) is 2.45. The second-order valence-corrected chi connectivity index (χ2v) is 5.09. The van der Waals surface area contributed by atoms with Crippen LogP contribution in [0.25, 0.3) is 0 Å². The molecule has 2 unspecified atom stereocenters. The van der Waals surface area contributed by atoms with Gasteiger partial charge in [0.05, 0.1) is 17.1 Å². The first-order valence-corrected chi connectivity index (χ1v) is 6.59. The van der Waals surface area contributed by atoms with E-state index in [9.17, 15) is 28.4 Å². The molecule has 2 rings (SSSR count). The molecule has 0 saturated heterocycles. The molecule has 0 bridgehead atoms. The van der Waals surface area contributed by atoms with Crippen LogP contribution in [0.15, 0.2) is 18.2 Å². The van der Waals surface area contributed by atoms with Crippen molar-refractivity contribution in [2.24, 2.45) is 0 Å². The highest BCUT2D eigenvalue weighted by atomic mass is 19.4. The molecule has 1 aliphatic carbocycles. The molecule has 2 atom stereocenters. The molecule has 8 heteroatoms. The first-order chi connectivity index (χ1) is 9.79. The van der Waals surface area contributed by atoms with Gasteiger partial charge >= 0.3 is 6.18 Å². The monoisotopic (exact) mass is 304 g/mol. The Labute approximate surface area is 118 Å². The molecule has 1 fully saturated rings. The molecular weight excluding hydrogens is 289 g/mol. The number of nitrogens with one attached hydrogen (secondary N) is 1. The van der Waals surface area contributed by atoms with E-state index in [2.05, 4.69) is 5.32 Å². The van der Waals surface area contributed by atoms with Crippen LogP contribution in [0.2, 0.25) is 0 Å². The van der Waals surface area contributed by atoms with Crippen LogP contribution in [0, 0.1) is 10.1 Å². The molecule has 0 aliphatic heterocycles. The SMILES string of the molecule is O=[N+]([O-])c1ccc(NC2CCCCC2O)cc1C(F)(F)F. The molecular formula is C13H15F3N2O3. The molecule has 0 aromatic heterocycles. The summed E-state index contributed by atoms with van der Waals surface area (Å²) in [5, 5.41) is 23.3. The van der Waals surface area contributed by atoms with Crippen molar-refractivity contribution in [1.82, 2.24) is 0 Å². The second-order valence-electron chi connectivity index (χ2n) is 5.09. The Morgan fingerprint density at radius 1 is 1.29 bits per heavy atom. The van der Waals surface area contributed by atoms with Crippen LogP contribution in [-0.4, -0.2) is 22.2 Å². The van der Waals surface area contributed by atoms with Gasteiger partial charge < -0.3 is 10.4 Å². The first kappa shape index (κ1) is 15.6. The number of rotatable bonds is 3. The number of hydrogen-bond acceptors (Lipinski definition) is 4. The maximum absolute atomic E-state index is 12.9. The zero-order valence-electron chi connectivity index (χ0n) is 11.1. The summed E-state index contributed by atoms with van der Waals surface area (Å²) in [6.07, 6.45) is -2.41. The Morgan fingerprint density at radius 2 is 1.95 bits per heavy atom. The molecule has 1 saturated carbocycles. The van der Waals surface area contributed by atoms with Crippen molar-refractivity contribution in [3.63, 3.8) is 0 Å². The summed E-state index contributed by atoms with van der Waals surface area (Å²) in [6.45, 7) is 0. The summed E-state index contributed by atoms with van der Waals surface area (Å²) >= 11 is 0. The molecule has 0 radical (unpaired) electrons. The number of aliphatic hydroxyl groups excluding tert-OH is 1. The van der Waals surface area contributed by atoms with E-state index in [-0.39, 0.29) is 11.7 Å². The van der Waals surface area contributed by atoms with E-state index in [1.54, 1.807) is 0 Å².